The molecule has 4 nitrogen and oxygen atoms in total. The van der Waals surface area contributed by atoms with E-state index < -0.39 is 7.12 Å². The van der Waals surface area contributed by atoms with E-state index in [9.17, 15) is 4.79 Å². The van der Waals surface area contributed by atoms with Crippen LogP contribution in [-0.4, -0.2) is 42.2 Å². The van der Waals surface area contributed by atoms with Gasteiger partial charge in [-0.25, -0.2) is 0 Å². The van der Waals surface area contributed by atoms with Crippen LogP contribution in [0.5, 0.6) is 0 Å². The smallest absolute Gasteiger partial charge is 0.399 e. The van der Waals surface area contributed by atoms with Crippen LogP contribution < -0.4 is 5.46 Å². The molecule has 112 valence electrons. The minimum absolute atomic E-state index is 0.0969. The molecule has 1 amide bonds. The number of hydrogen-bond donors (Lipinski definition) is 0. The lowest BCUT2D eigenvalue weighted by molar-refractivity contribution is 0.00578. The summed E-state index contributed by atoms with van der Waals surface area (Å²) in [5.41, 5.74) is 0.881. The van der Waals surface area contributed by atoms with Gasteiger partial charge in [0.2, 0.25) is 0 Å². The summed E-state index contributed by atoms with van der Waals surface area (Å²) in [5.74, 6) is 0.0969. The summed E-state index contributed by atoms with van der Waals surface area (Å²) in [7, 11) is -0.417. The molecule has 0 atom stereocenters. The average Bonchev–Trinajstić information content (AvgIpc) is 2.56. The molecule has 2 fully saturated rings. The molecule has 1 aromatic rings. The highest BCUT2D eigenvalue weighted by atomic mass is 16.7. The Morgan fingerprint density at radius 1 is 1.14 bits per heavy atom. The third-order valence-corrected chi connectivity index (χ3v) is 4.80. The number of likely N-dealkylation sites (tertiary alicyclic amines) is 1. The summed E-state index contributed by atoms with van der Waals surface area (Å²) in [6, 6.07) is 7.60. The van der Waals surface area contributed by atoms with Crippen molar-refractivity contribution in [2.45, 2.75) is 45.3 Å². The van der Waals surface area contributed by atoms with Crippen LogP contribution in [0.25, 0.3) is 0 Å². The molecule has 2 saturated heterocycles. The van der Waals surface area contributed by atoms with Gasteiger partial charge in [-0.05, 0) is 51.7 Å². The first-order valence-electron chi connectivity index (χ1n) is 7.55. The molecule has 0 saturated carbocycles. The Kier molecular flexibility index (Phi) is 3.37. The van der Waals surface area contributed by atoms with Gasteiger partial charge in [0, 0.05) is 18.7 Å². The highest BCUT2D eigenvalue weighted by Crippen LogP contribution is 2.36. The van der Waals surface area contributed by atoms with E-state index in [4.69, 9.17) is 9.31 Å². The number of benzene rings is 1. The third-order valence-electron chi connectivity index (χ3n) is 4.80. The Morgan fingerprint density at radius 2 is 1.76 bits per heavy atom. The summed E-state index contributed by atoms with van der Waals surface area (Å²) in [6.07, 6.45) is 1.10. The molecule has 0 radical (unpaired) electrons. The van der Waals surface area contributed by atoms with Crippen molar-refractivity contribution >= 4 is 18.5 Å². The molecule has 0 aromatic heterocycles. The predicted molar refractivity (Wildman–Crippen MR) is 82.7 cm³/mol. The number of carbonyl (C=O) groups is 1. The molecule has 21 heavy (non-hydrogen) atoms. The summed E-state index contributed by atoms with van der Waals surface area (Å²) in [4.78, 5) is 14.2. The Hall–Kier alpha value is -1.33. The van der Waals surface area contributed by atoms with E-state index >= 15 is 0 Å². The molecule has 2 heterocycles. The largest absolute Gasteiger partial charge is 0.494 e. The van der Waals surface area contributed by atoms with Crippen LogP contribution in [0.1, 0.15) is 44.5 Å². The molecule has 1 aromatic carbocycles. The molecule has 3 rings (SSSR count). The zero-order valence-electron chi connectivity index (χ0n) is 13.2. The van der Waals surface area contributed by atoms with Gasteiger partial charge in [-0.15, -0.1) is 0 Å². The van der Waals surface area contributed by atoms with E-state index in [1.165, 1.54) is 0 Å². The Labute approximate surface area is 126 Å². The Bertz CT molecular complexity index is 550. The molecular weight excluding hydrogens is 265 g/mol. The normalized spacial score (nSPS) is 23.0. The summed E-state index contributed by atoms with van der Waals surface area (Å²) < 4.78 is 12.1. The standard InChI is InChI=1S/C16H22BNO3/c1-15(2)16(3,4)21-17(20-15)13-8-5-7-12(11-13)14(19)18-9-6-10-18/h5,7-8,11H,6,9-10H2,1-4H3. The summed E-state index contributed by atoms with van der Waals surface area (Å²) >= 11 is 0. The first-order valence-corrected chi connectivity index (χ1v) is 7.55. The van der Waals surface area contributed by atoms with Crippen molar-refractivity contribution in [3.8, 4) is 0 Å². The van der Waals surface area contributed by atoms with Crippen LogP contribution >= 0.6 is 0 Å². The molecule has 5 heteroatoms. The number of rotatable bonds is 2. The van der Waals surface area contributed by atoms with Crippen LogP contribution in [0.2, 0.25) is 0 Å². The molecule has 2 aliphatic heterocycles. The van der Waals surface area contributed by atoms with Gasteiger partial charge >= 0.3 is 7.12 Å². The molecule has 2 aliphatic rings. The van der Waals surface area contributed by atoms with Crippen LogP contribution in [0, 0.1) is 0 Å². The number of hydrogen-bond acceptors (Lipinski definition) is 3. The highest BCUT2D eigenvalue weighted by Gasteiger charge is 2.51. The van der Waals surface area contributed by atoms with E-state index in [2.05, 4.69) is 0 Å². The Balaban J connectivity index is 1.82. The monoisotopic (exact) mass is 287 g/mol. The Morgan fingerprint density at radius 3 is 2.29 bits per heavy atom. The van der Waals surface area contributed by atoms with Gasteiger partial charge in [0.25, 0.3) is 5.91 Å². The minimum Gasteiger partial charge on any atom is -0.399 e. The van der Waals surface area contributed by atoms with E-state index in [0.717, 1.165) is 25.0 Å². The fourth-order valence-corrected chi connectivity index (χ4v) is 2.50. The molecule has 0 spiro atoms. The van der Waals surface area contributed by atoms with Gasteiger partial charge in [0.15, 0.2) is 0 Å². The second-order valence-corrected chi connectivity index (χ2v) is 6.86. The molecular formula is C16H22BNO3. The predicted octanol–water partition coefficient (Wildman–Crippen LogP) is 1.83. The summed E-state index contributed by atoms with van der Waals surface area (Å²) in [5, 5.41) is 0. The number of carbonyl (C=O) groups excluding carboxylic acids is 1. The van der Waals surface area contributed by atoms with Crippen LogP contribution in [0.15, 0.2) is 24.3 Å². The van der Waals surface area contributed by atoms with Crippen molar-refractivity contribution in [2.24, 2.45) is 0 Å². The van der Waals surface area contributed by atoms with E-state index in [1.807, 2.05) is 56.9 Å². The zero-order chi connectivity index (χ0) is 15.3. The van der Waals surface area contributed by atoms with E-state index in [-0.39, 0.29) is 17.1 Å². The molecule has 0 bridgehead atoms. The first-order chi connectivity index (χ1) is 9.80. The van der Waals surface area contributed by atoms with Gasteiger partial charge in [-0.3, -0.25) is 4.79 Å². The fraction of sp³-hybridized carbons (Fsp3) is 0.562. The SMILES string of the molecule is CC1(C)OB(c2cccc(C(=O)N3CCC3)c2)OC1(C)C. The number of nitrogens with zero attached hydrogens (tertiary/aromatic N) is 1. The van der Waals surface area contributed by atoms with Gasteiger partial charge in [0.1, 0.15) is 0 Å². The second kappa shape index (κ2) is 4.85. The maximum Gasteiger partial charge on any atom is 0.494 e. The van der Waals surface area contributed by atoms with Crippen molar-refractivity contribution in [1.82, 2.24) is 4.90 Å². The molecule has 0 unspecified atom stereocenters. The maximum absolute atomic E-state index is 12.3. The lowest BCUT2D eigenvalue weighted by Crippen LogP contribution is -2.42. The van der Waals surface area contributed by atoms with Crippen molar-refractivity contribution < 1.29 is 14.1 Å². The highest BCUT2D eigenvalue weighted by molar-refractivity contribution is 6.62. The molecule has 0 N–H and O–H groups in total. The topological polar surface area (TPSA) is 38.8 Å². The van der Waals surface area contributed by atoms with Crippen molar-refractivity contribution in [2.75, 3.05) is 13.1 Å². The lowest BCUT2D eigenvalue weighted by Gasteiger charge is -2.32. The van der Waals surface area contributed by atoms with Gasteiger partial charge in [-0.1, -0.05) is 12.1 Å². The van der Waals surface area contributed by atoms with Gasteiger partial charge in [-0.2, -0.15) is 0 Å². The summed E-state index contributed by atoms with van der Waals surface area (Å²) in [6.45, 7) is 9.84. The van der Waals surface area contributed by atoms with Crippen LogP contribution in [-0.2, 0) is 9.31 Å². The quantitative estimate of drug-likeness (QED) is 0.779. The zero-order valence-corrected chi connectivity index (χ0v) is 13.2. The van der Waals surface area contributed by atoms with Gasteiger partial charge < -0.3 is 14.2 Å². The minimum atomic E-state index is -0.417. The fourth-order valence-electron chi connectivity index (χ4n) is 2.50. The maximum atomic E-state index is 12.3. The third kappa shape index (κ3) is 2.49. The second-order valence-electron chi connectivity index (χ2n) is 6.86. The van der Waals surface area contributed by atoms with Crippen molar-refractivity contribution in [3.63, 3.8) is 0 Å². The first kappa shape index (κ1) is 14.6. The van der Waals surface area contributed by atoms with Crippen LogP contribution in [0.3, 0.4) is 0 Å². The number of amides is 1. The van der Waals surface area contributed by atoms with E-state index in [1.54, 1.807) is 0 Å². The van der Waals surface area contributed by atoms with Crippen molar-refractivity contribution in [1.29, 1.82) is 0 Å². The van der Waals surface area contributed by atoms with Gasteiger partial charge in [0.05, 0.1) is 11.2 Å². The molecule has 0 aliphatic carbocycles. The van der Waals surface area contributed by atoms with Crippen molar-refractivity contribution in [3.05, 3.63) is 29.8 Å². The van der Waals surface area contributed by atoms with Crippen LogP contribution in [0.4, 0.5) is 0 Å². The van der Waals surface area contributed by atoms with E-state index in [0.29, 0.717) is 5.56 Å². The average molecular weight is 287 g/mol. The lowest BCUT2D eigenvalue weighted by atomic mass is 9.78.